The number of hydrogen-bond acceptors (Lipinski definition) is 3. The molecule has 0 atom stereocenters. The molecule has 15 heavy (non-hydrogen) atoms. The highest BCUT2D eigenvalue weighted by Gasteiger charge is 2.13. The Hall–Kier alpha value is -1.97. The number of hydrogen-bond donors (Lipinski definition) is 1. The molecule has 0 saturated carbocycles. The third kappa shape index (κ3) is 1.66. The van der Waals surface area contributed by atoms with Gasteiger partial charge in [-0.3, -0.25) is 0 Å². The van der Waals surface area contributed by atoms with Gasteiger partial charge in [0.1, 0.15) is 16.9 Å². The lowest BCUT2D eigenvalue weighted by molar-refractivity contribution is 0.0692. The fourth-order valence-electron chi connectivity index (χ4n) is 1.43. The van der Waals surface area contributed by atoms with Crippen LogP contribution in [0.15, 0.2) is 28.9 Å². The molecule has 0 fully saturated rings. The van der Waals surface area contributed by atoms with E-state index in [1.54, 1.807) is 12.1 Å². The van der Waals surface area contributed by atoms with E-state index in [9.17, 15) is 4.79 Å². The highest BCUT2D eigenvalue weighted by atomic mass is 16.5. The molecule has 4 nitrogen and oxygen atoms in total. The fraction of sp³-hybridized carbons (Fsp3) is 0.182. The van der Waals surface area contributed by atoms with Crippen molar-refractivity contribution in [3.8, 4) is 5.75 Å². The van der Waals surface area contributed by atoms with E-state index in [0.29, 0.717) is 17.9 Å². The van der Waals surface area contributed by atoms with Crippen molar-refractivity contribution in [2.24, 2.45) is 0 Å². The normalized spacial score (nSPS) is 10.5. The van der Waals surface area contributed by atoms with E-state index in [-0.39, 0.29) is 5.56 Å². The van der Waals surface area contributed by atoms with Gasteiger partial charge in [-0.15, -0.1) is 0 Å². The maximum absolute atomic E-state index is 10.9. The van der Waals surface area contributed by atoms with Crippen molar-refractivity contribution in [2.45, 2.75) is 6.92 Å². The lowest BCUT2D eigenvalue weighted by Gasteiger charge is -2.06. The topological polar surface area (TPSA) is 59.7 Å². The van der Waals surface area contributed by atoms with Crippen molar-refractivity contribution in [2.75, 3.05) is 6.61 Å². The minimum absolute atomic E-state index is 0.124. The lowest BCUT2D eigenvalue weighted by atomic mass is 10.1. The number of fused-ring (bicyclic) bond motifs is 1. The van der Waals surface area contributed by atoms with E-state index in [2.05, 4.69) is 0 Å². The van der Waals surface area contributed by atoms with Crippen LogP contribution in [0.3, 0.4) is 0 Å². The molecule has 0 radical (unpaired) electrons. The molecule has 0 aliphatic heterocycles. The Labute approximate surface area is 86.1 Å². The van der Waals surface area contributed by atoms with Crippen LogP contribution in [0.1, 0.15) is 17.3 Å². The van der Waals surface area contributed by atoms with E-state index in [1.165, 1.54) is 12.3 Å². The van der Waals surface area contributed by atoms with Crippen LogP contribution in [0.2, 0.25) is 0 Å². The predicted molar refractivity (Wildman–Crippen MR) is 54.3 cm³/mol. The number of aromatic carboxylic acids is 1. The first kappa shape index (κ1) is 9.58. The van der Waals surface area contributed by atoms with Gasteiger partial charge in [-0.1, -0.05) is 0 Å². The number of rotatable bonds is 3. The standard InChI is InChI=1S/C11H10O4/c1-2-14-10-5-7-3-4-15-9(7)6-8(10)11(12)13/h3-6H,2H2,1H3,(H,12,13). The number of ether oxygens (including phenoxy) is 1. The molecule has 0 aliphatic carbocycles. The molecular formula is C11H10O4. The third-order valence-electron chi connectivity index (χ3n) is 2.08. The van der Waals surface area contributed by atoms with Crippen molar-refractivity contribution in [3.63, 3.8) is 0 Å². The summed E-state index contributed by atoms with van der Waals surface area (Å²) in [4.78, 5) is 10.9. The number of furan rings is 1. The summed E-state index contributed by atoms with van der Waals surface area (Å²) in [6, 6.07) is 4.91. The molecule has 0 spiro atoms. The first-order valence-electron chi connectivity index (χ1n) is 4.59. The minimum Gasteiger partial charge on any atom is -0.493 e. The second-order valence-corrected chi connectivity index (χ2v) is 3.04. The molecule has 2 rings (SSSR count). The molecule has 0 unspecified atom stereocenters. The van der Waals surface area contributed by atoms with Crippen LogP contribution < -0.4 is 4.74 Å². The highest BCUT2D eigenvalue weighted by molar-refractivity contribution is 5.96. The maximum atomic E-state index is 10.9. The van der Waals surface area contributed by atoms with Gasteiger partial charge in [0, 0.05) is 5.39 Å². The first-order valence-corrected chi connectivity index (χ1v) is 4.59. The van der Waals surface area contributed by atoms with Crippen LogP contribution in [-0.2, 0) is 0 Å². The van der Waals surface area contributed by atoms with E-state index < -0.39 is 5.97 Å². The summed E-state index contributed by atoms with van der Waals surface area (Å²) in [5, 5.41) is 9.80. The zero-order chi connectivity index (χ0) is 10.8. The zero-order valence-corrected chi connectivity index (χ0v) is 8.19. The predicted octanol–water partition coefficient (Wildman–Crippen LogP) is 2.53. The summed E-state index contributed by atoms with van der Waals surface area (Å²) in [6.45, 7) is 2.24. The summed E-state index contributed by atoms with van der Waals surface area (Å²) in [6.07, 6.45) is 1.52. The Balaban J connectivity index is 2.62. The molecule has 78 valence electrons. The fourth-order valence-corrected chi connectivity index (χ4v) is 1.43. The second kappa shape index (κ2) is 3.65. The summed E-state index contributed by atoms with van der Waals surface area (Å²) in [5.74, 6) is -0.643. The SMILES string of the molecule is CCOc1cc2ccoc2cc1C(=O)O. The Morgan fingerprint density at radius 1 is 1.53 bits per heavy atom. The van der Waals surface area contributed by atoms with Crippen molar-refractivity contribution in [3.05, 3.63) is 30.0 Å². The molecule has 1 heterocycles. The van der Waals surface area contributed by atoms with Gasteiger partial charge in [0.25, 0.3) is 0 Å². The number of carbonyl (C=O) groups is 1. The number of benzene rings is 1. The molecule has 1 aromatic carbocycles. The largest absolute Gasteiger partial charge is 0.493 e. The third-order valence-corrected chi connectivity index (χ3v) is 2.08. The lowest BCUT2D eigenvalue weighted by Crippen LogP contribution is -2.02. The first-order chi connectivity index (χ1) is 7.22. The molecule has 1 N–H and O–H groups in total. The molecule has 1 aromatic heterocycles. The zero-order valence-electron chi connectivity index (χ0n) is 8.19. The monoisotopic (exact) mass is 206 g/mol. The molecule has 0 bridgehead atoms. The minimum atomic E-state index is -1.02. The molecule has 2 aromatic rings. The van der Waals surface area contributed by atoms with Gasteiger partial charge in [0.05, 0.1) is 12.9 Å². The van der Waals surface area contributed by atoms with Gasteiger partial charge in [0.2, 0.25) is 0 Å². The Morgan fingerprint density at radius 2 is 2.33 bits per heavy atom. The van der Waals surface area contributed by atoms with Crippen LogP contribution in [0.5, 0.6) is 5.75 Å². The van der Waals surface area contributed by atoms with Gasteiger partial charge in [0.15, 0.2) is 0 Å². The van der Waals surface area contributed by atoms with E-state index in [4.69, 9.17) is 14.3 Å². The molecule has 4 heteroatoms. The van der Waals surface area contributed by atoms with Gasteiger partial charge < -0.3 is 14.3 Å². The van der Waals surface area contributed by atoms with E-state index >= 15 is 0 Å². The smallest absolute Gasteiger partial charge is 0.339 e. The van der Waals surface area contributed by atoms with Gasteiger partial charge in [-0.25, -0.2) is 4.79 Å². The maximum Gasteiger partial charge on any atom is 0.339 e. The Morgan fingerprint density at radius 3 is 3.00 bits per heavy atom. The van der Waals surface area contributed by atoms with Crippen molar-refractivity contribution >= 4 is 16.9 Å². The van der Waals surface area contributed by atoms with Gasteiger partial charge in [-0.05, 0) is 25.1 Å². The van der Waals surface area contributed by atoms with E-state index in [0.717, 1.165) is 5.39 Å². The molecule has 0 amide bonds. The molecular weight excluding hydrogens is 196 g/mol. The average Bonchev–Trinajstić information content (AvgIpc) is 2.63. The van der Waals surface area contributed by atoms with Crippen LogP contribution in [0.25, 0.3) is 11.0 Å². The highest BCUT2D eigenvalue weighted by Crippen LogP contribution is 2.26. The number of carboxylic acid groups (broad SMARTS) is 1. The summed E-state index contributed by atoms with van der Waals surface area (Å²) >= 11 is 0. The van der Waals surface area contributed by atoms with Crippen molar-refractivity contribution < 1.29 is 19.1 Å². The van der Waals surface area contributed by atoms with Crippen molar-refractivity contribution in [1.29, 1.82) is 0 Å². The van der Waals surface area contributed by atoms with Crippen LogP contribution >= 0.6 is 0 Å². The average molecular weight is 206 g/mol. The molecule has 0 saturated heterocycles. The second-order valence-electron chi connectivity index (χ2n) is 3.04. The van der Waals surface area contributed by atoms with Crippen molar-refractivity contribution in [1.82, 2.24) is 0 Å². The van der Waals surface area contributed by atoms with Crippen LogP contribution in [0.4, 0.5) is 0 Å². The van der Waals surface area contributed by atoms with E-state index in [1.807, 2.05) is 6.92 Å². The van der Waals surface area contributed by atoms with Crippen LogP contribution in [0, 0.1) is 0 Å². The Bertz CT molecular complexity index is 498. The molecule has 0 aliphatic rings. The number of carboxylic acids is 1. The Kier molecular flexibility index (Phi) is 2.33. The summed E-state index contributed by atoms with van der Waals surface area (Å²) in [5.41, 5.74) is 0.676. The van der Waals surface area contributed by atoms with Gasteiger partial charge in [-0.2, -0.15) is 0 Å². The summed E-state index contributed by atoms with van der Waals surface area (Å²) < 4.78 is 10.4. The van der Waals surface area contributed by atoms with Crippen LogP contribution in [-0.4, -0.2) is 17.7 Å². The quantitative estimate of drug-likeness (QED) is 0.838. The summed E-state index contributed by atoms with van der Waals surface area (Å²) in [7, 11) is 0. The van der Waals surface area contributed by atoms with Gasteiger partial charge >= 0.3 is 5.97 Å².